The molecule has 2 aliphatic rings. The highest BCUT2D eigenvalue weighted by Gasteiger charge is 2.24. The quantitative estimate of drug-likeness (QED) is 0.376. The molecule has 0 atom stereocenters. The summed E-state index contributed by atoms with van der Waals surface area (Å²) in [6.45, 7) is 7.03. The standard InChI is InChI=1S/C18H33N7.HI/c1-3-19-18(20-10-13-24(2)16-6-4-5-7-16)25-11-8-15(9-12-25)17-21-14-22-23-17;/h14-16H,3-13H2,1-2H3,(H,19,20)(H,21,22,23);1H. The van der Waals surface area contributed by atoms with Crippen molar-refractivity contribution in [3.05, 3.63) is 12.2 Å². The monoisotopic (exact) mass is 475 g/mol. The van der Waals surface area contributed by atoms with Crippen molar-refractivity contribution < 1.29 is 0 Å². The Hall–Kier alpha value is -0.900. The van der Waals surface area contributed by atoms with E-state index < -0.39 is 0 Å². The van der Waals surface area contributed by atoms with Crippen LogP contribution in [0, 0.1) is 0 Å². The molecule has 0 radical (unpaired) electrons. The van der Waals surface area contributed by atoms with E-state index in [2.05, 4.69) is 44.3 Å². The molecule has 1 aromatic heterocycles. The van der Waals surface area contributed by atoms with Crippen LogP contribution in [0.2, 0.25) is 0 Å². The smallest absolute Gasteiger partial charge is 0.193 e. The number of hydrogen-bond acceptors (Lipinski definition) is 4. The summed E-state index contributed by atoms with van der Waals surface area (Å²) < 4.78 is 0. The maximum absolute atomic E-state index is 4.89. The van der Waals surface area contributed by atoms with Crippen molar-refractivity contribution in [3.8, 4) is 0 Å². The summed E-state index contributed by atoms with van der Waals surface area (Å²) in [6, 6.07) is 0.774. The lowest BCUT2D eigenvalue weighted by Gasteiger charge is -2.33. The van der Waals surface area contributed by atoms with Crippen LogP contribution in [-0.4, -0.2) is 76.8 Å². The molecule has 1 aliphatic carbocycles. The molecule has 7 nitrogen and oxygen atoms in total. The zero-order chi connectivity index (χ0) is 17.5. The fourth-order valence-electron chi connectivity index (χ4n) is 4.04. The summed E-state index contributed by atoms with van der Waals surface area (Å²) in [7, 11) is 2.25. The van der Waals surface area contributed by atoms with Crippen LogP contribution in [0.4, 0.5) is 0 Å². The average molecular weight is 475 g/mol. The Morgan fingerprint density at radius 1 is 1.31 bits per heavy atom. The zero-order valence-corrected chi connectivity index (χ0v) is 18.5. The minimum Gasteiger partial charge on any atom is -0.357 e. The lowest BCUT2D eigenvalue weighted by molar-refractivity contribution is 0.251. The van der Waals surface area contributed by atoms with Crippen LogP contribution in [-0.2, 0) is 0 Å². The Balaban J connectivity index is 0.00000243. The molecule has 148 valence electrons. The molecule has 8 heteroatoms. The van der Waals surface area contributed by atoms with E-state index in [4.69, 9.17) is 4.99 Å². The van der Waals surface area contributed by atoms with Crippen molar-refractivity contribution >= 4 is 29.9 Å². The van der Waals surface area contributed by atoms with Gasteiger partial charge in [0.15, 0.2) is 5.96 Å². The minimum atomic E-state index is 0. The van der Waals surface area contributed by atoms with Gasteiger partial charge in [-0.2, -0.15) is 5.10 Å². The SMILES string of the molecule is CCNC(=NCCN(C)C1CCCC1)N1CCC(c2ncn[nH]2)CC1.I. The molecule has 0 unspecified atom stereocenters. The van der Waals surface area contributed by atoms with Gasteiger partial charge in [-0.25, -0.2) is 4.98 Å². The third-order valence-electron chi connectivity index (χ3n) is 5.61. The number of aromatic amines is 1. The van der Waals surface area contributed by atoms with Crippen molar-refractivity contribution in [2.75, 3.05) is 39.8 Å². The molecule has 1 saturated heterocycles. The van der Waals surface area contributed by atoms with E-state index >= 15 is 0 Å². The third kappa shape index (κ3) is 5.80. The van der Waals surface area contributed by atoms with Gasteiger partial charge in [-0.15, -0.1) is 24.0 Å². The first-order valence-corrected chi connectivity index (χ1v) is 9.86. The second-order valence-electron chi connectivity index (χ2n) is 7.29. The topological polar surface area (TPSA) is 72.4 Å². The minimum absolute atomic E-state index is 0. The molecule has 26 heavy (non-hydrogen) atoms. The molecular weight excluding hydrogens is 441 g/mol. The fraction of sp³-hybridized carbons (Fsp3) is 0.833. The first-order chi connectivity index (χ1) is 12.3. The zero-order valence-electron chi connectivity index (χ0n) is 16.2. The maximum Gasteiger partial charge on any atom is 0.193 e. The number of nitrogens with zero attached hydrogens (tertiary/aromatic N) is 5. The van der Waals surface area contributed by atoms with Crippen molar-refractivity contribution in [2.45, 2.75) is 57.4 Å². The lowest BCUT2D eigenvalue weighted by Crippen LogP contribution is -2.45. The molecule has 2 fully saturated rings. The van der Waals surface area contributed by atoms with Crippen LogP contribution in [0.15, 0.2) is 11.3 Å². The second-order valence-corrected chi connectivity index (χ2v) is 7.29. The van der Waals surface area contributed by atoms with Crippen molar-refractivity contribution in [1.82, 2.24) is 30.3 Å². The number of likely N-dealkylation sites (tertiary alicyclic amines) is 1. The van der Waals surface area contributed by atoms with Gasteiger partial charge in [0.05, 0.1) is 6.54 Å². The Bertz CT molecular complexity index is 520. The molecule has 0 amide bonds. The summed E-state index contributed by atoms with van der Waals surface area (Å²) in [6.07, 6.45) is 9.30. The molecule has 3 rings (SSSR count). The lowest BCUT2D eigenvalue weighted by atomic mass is 9.96. The van der Waals surface area contributed by atoms with Gasteiger partial charge in [-0.3, -0.25) is 10.1 Å². The van der Waals surface area contributed by atoms with E-state index in [0.717, 1.165) is 63.4 Å². The number of rotatable bonds is 6. The van der Waals surface area contributed by atoms with E-state index in [1.54, 1.807) is 6.33 Å². The average Bonchev–Trinajstić information content (AvgIpc) is 3.34. The Morgan fingerprint density at radius 2 is 2.04 bits per heavy atom. The molecule has 0 spiro atoms. The summed E-state index contributed by atoms with van der Waals surface area (Å²) in [5.41, 5.74) is 0. The molecule has 0 bridgehead atoms. The molecule has 0 aromatic carbocycles. The highest BCUT2D eigenvalue weighted by molar-refractivity contribution is 14.0. The van der Waals surface area contributed by atoms with Crippen LogP contribution in [0.5, 0.6) is 0 Å². The number of H-pyrrole nitrogens is 1. The van der Waals surface area contributed by atoms with Gasteiger partial charge in [0.1, 0.15) is 12.2 Å². The van der Waals surface area contributed by atoms with Crippen LogP contribution < -0.4 is 5.32 Å². The molecule has 1 aliphatic heterocycles. The van der Waals surface area contributed by atoms with E-state index in [1.807, 2.05) is 0 Å². The van der Waals surface area contributed by atoms with E-state index in [0.29, 0.717) is 5.92 Å². The van der Waals surface area contributed by atoms with Crippen LogP contribution in [0.1, 0.15) is 57.2 Å². The first-order valence-electron chi connectivity index (χ1n) is 9.86. The highest BCUT2D eigenvalue weighted by atomic mass is 127. The highest BCUT2D eigenvalue weighted by Crippen LogP contribution is 2.25. The summed E-state index contributed by atoms with van der Waals surface area (Å²) in [4.78, 5) is 14.1. The van der Waals surface area contributed by atoms with Gasteiger partial charge in [0.2, 0.25) is 0 Å². The summed E-state index contributed by atoms with van der Waals surface area (Å²) in [5, 5.41) is 10.5. The number of piperidine rings is 1. The predicted molar refractivity (Wildman–Crippen MR) is 116 cm³/mol. The molecular formula is C18H34IN7. The molecule has 2 N–H and O–H groups in total. The maximum atomic E-state index is 4.89. The van der Waals surface area contributed by atoms with E-state index in [-0.39, 0.29) is 24.0 Å². The van der Waals surface area contributed by atoms with Gasteiger partial charge >= 0.3 is 0 Å². The Labute approximate surface area is 174 Å². The van der Waals surface area contributed by atoms with Crippen molar-refractivity contribution in [1.29, 1.82) is 0 Å². The Morgan fingerprint density at radius 3 is 2.65 bits per heavy atom. The van der Waals surface area contributed by atoms with E-state index in [9.17, 15) is 0 Å². The summed E-state index contributed by atoms with van der Waals surface area (Å²) >= 11 is 0. The number of hydrogen-bond donors (Lipinski definition) is 2. The number of likely N-dealkylation sites (N-methyl/N-ethyl adjacent to an activating group) is 1. The first kappa shape index (κ1) is 21.4. The second kappa shape index (κ2) is 11.1. The van der Waals surface area contributed by atoms with E-state index in [1.165, 1.54) is 25.7 Å². The molecule has 1 saturated carbocycles. The van der Waals surface area contributed by atoms with Crippen LogP contribution in [0.25, 0.3) is 0 Å². The fourth-order valence-corrected chi connectivity index (χ4v) is 4.04. The third-order valence-corrected chi connectivity index (χ3v) is 5.61. The summed E-state index contributed by atoms with van der Waals surface area (Å²) in [5.74, 6) is 2.59. The number of aliphatic imine (C=N–C) groups is 1. The normalized spacial score (nSPS) is 19.8. The number of halogens is 1. The largest absolute Gasteiger partial charge is 0.357 e. The number of nitrogens with one attached hydrogen (secondary N) is 2. The predicted octanol–water partition coefficient (Wildman–Crippen LogP) is 2.44. The van der Waals surface area contributed by atoms with Gasteiger partial charge in [0.25, 0.3) is 0 Å². The van der Waals surface area contributed by atoms with Gasteiger partial charge in [-0.1, -0.05) is 12.8 Å². The van der Waals surface area contributed by atoms with Gasteiger partial charge < -0.3 is 15.1 Å². The van der Waals surface area contributed by atoms with Crippen molar-refractivity contribution in [3.63, 3.8) is 0 Å². The molecule has 2 heterocycles. The van der Waals surface area contributed by atoms with Gasteiger partial charge in [0, 0.05) is 38.1 Å². The van der Waals surface area contributed by atoms with Gasteiger partial charge in [-0.05, 0) is 39.7 Å². The van der Waals surface area contributed by atoms with Crippen LogP contribution >= 0.6 is 24.0 Å². The number of guanidine groups is 1. The van der Waals surface area contributed by atoms with Crippen molar-refractivity contribution in [2.24, 2.45) is 4.99 Å². The Kier molecular flexibility index (Phi) is 9.10. The number of aromatic nitrogens is 3. The van der Waals surface area contributed by atoms with Crippen LogP contribution in [0.3, 0.4) is 0 Å². The molecule has 1 aromatic rings.